The van der Waals surface area contributed by atoms with Gasteiger partial charge in [-0.2, -0.15) is 0 Å². The highest BCUT2D eigenvalue weighted by molar-refractivity contribution is 7.15. The number of hydrogen-bond donors (Lipinski definition) is 1. The number of aromatic nitrogens is 3. The molecule has 0 aliphatic carbocycles. The van der Waals surface area contributed by atoms with Crippen LogP contribution in [0.25, 0.3) is 10.7 Å². The molecule has 0 bridgehead atoms. The number of carbonyl (C=O) groups excluding carboxylic acids is 1. The van der Waals surface area contributed by atoms with E-state index in [0.717, 1.165) is 4.88 Å². The molecule has 0 atom stereocenters. The van der Waals surface area contributed by atoms with E-state index in [2.05, 4.69) is 15.0 Å². The van der Waals surface area contributed by atoms with Crippen LogP contribution < -0.4 is 0 Å². The van der Waals surface area contributed by atoms with E-state index in [-0.39, 0.29) is 6.09 Å². The average Bonchev–Trinajstić information content (AvgIpc) is 3.05. The summed E-state index contributed by atoms with van der Waals surface area (Å²) in [5.41, 5.74) is -1.55. The first-order valence-electron chi connectivity index (χ1n) is 8.21. The van der Waals surface area contributed by atoms with Crippen molar-refractivity contribution in [2.45, 2.75) is 44.8 Å². The van der Waals surface area contributed by atoms with Gasteiger partial charge in [0.2, 0.25) is 0 Å². The Morgan fingerprint density at radius 1 is 1.24 bits per heavy atom. The van der Waals surface area contributed by atoms with Crippen LogP contribution in [-0.4, -0.2) is 49.7 Å². The lowest BCUT2D eigenvalue weighted by atomic mass is 9.92. The summed E-state index contributed by atoms with van der Waals surface area (Å²) < 4.78 is 5.39. The van der Waals surface area contributed by atoms with E-state index >= 15 is 0 Å². The van der Waals surface area contributed by atoms with Crippen LogP contribution in [0, 0.1) is 0 Å². The quantitative estimate of drug-likeness (QED) is 0.884. The lowest BCUT2D eigenvalue weighted by Crippen LogP contribution is -2.46. The second-order valence-electron chi connectivity index (χ2n) is 7.10. The molecular weight excluding hydrogens is 340 g/mol. The van der Waals surface area contributed by atoms with E-state index in [1.54, 1.807) is 29.6 Å². The summed E-state index contributed by atoms with van der Waals surface area (Å²) in [4.78, 5) is 27.4. The zero-order valence-electron chi connectivity index (χ0n) is 14.6. The highest BCUT2D eigenvalue weighted by atomic mass is 32.1. The number of likely N-dealkylation sites (tertiary alicyclic amines) is 1. The molecule has 3 rings (SSSR count). The minimum absolute atomic E-state index is 0.341. The summed E-state index contributed by atoms with van der Waals surface area (Å²) in [6.07, 6.45) is 5.55. The van der Waals surface area contributed by atoms with Crippen LogP contribution in [0.5, 0.6) is 0 Å². The van der Waals surface area contributed by atoms with Crippen molar-refractivity contribution in [2.75, 3.05) is 13.1 Å². The van der Waals surface area contributed by atoms with Gasteiger partial charge in [0.15, 0.2) is 5.82 Å². The van der Waals surface area contributed by atoms with Crippen LogP contribution in [0.4, 0.5) is 4.79 Å². The van der Waals surface area contributed by atoms with Crippen molar-refractivity contribution in [3.05, 3.63) is 29.7 Å². The van der Waals surface area contributed by atoms with Crippen LogP contribution in [0.3, 0.4) is 0 Å². The van der Waals surface area contributed by atoms with E-state index in [4.69, 9.17) is 4.74 Å². The predicted octanol–water partition coefficient (Wildman–Crippen LogP) is 2.82. The smallest absolute Gasteiger partial charge is 0.410 e. The minimum atomic E-state index is -1.03. The van der Waals surface area contributed by atoms with Crippen LogP contribution in [-0.2, 0) is 10.3 Å². The highest BCUT2D eigenvalue weighted by Crippen LogP contribution is 2.37. The van der Waals surface area contributed by atoms with Crippen molar-refractivity contribution in [3.63, 3.8) is 0 Å². The minimum Gasteiger partial charge on any atom is -0.444 e. The molecule has 1 aliphatic rings. The standard InChI is InChI=1S/C17H22N4O3S/c1-16(2,3)24-15(22)21-9-5-17(23,6-10-21)14-20-11-12(25-14)13-18-7-4-8-19-13/h4,7-8,11,23H,5-6,9-10H2,1-3H3. The topological polar surface area (TPSA) is 88.4 Å². The van der Waals surface area contributed by atoms with Crippen molar-refractivity contribution >= 4 is 17.4 Å². The largest absolute Gasteiger partial charge is 0.444 e. The lowest BCUT2D eigenvalue weighted by Gasteiger charge is -2.37. The number of ether oxygens (including phenoxy) is 1. The number of hydrogen-bond acceptors (Lipinski definition) is 7. The molecule has 1 aliphatic heterocycles. The van der Waals surface area contributed by atoms with E-state index in [1.807, 2.05) is 20.8 Å². The molecular formula is C17H22N4O3S. The summed E-state index contributed by atoms with van der Waals surface area (Å²) in [5, 5.41) is 11.6. The Labute approximate surface area is 150 Å². The first-order valence-corrected chi connectivity index (χ1v) is 9.02. The number of carbonyl (C=O) groups is 1. The number of piperidine rings is 1. The monoisotopic (exact) mass is 362 g/mol. The Balaban J connectivity index is 1.67. The lowest BCUT2D eigenvalue weighted by molar-refractivity contribution is -0.0357. The van der Waals surface area contributed by atoms with Crippen LogP contribution in [0.1, 0.15) is 38.6 Å². The third-order valence-electron chi connectivity index (χ3n) is 3.93. The highest BCUT2D eigenvalue weighted by Gasteiger charge is 2.39. The van der Waals surface area contributed by atoms with Crippen molar-refractivity contribution in [3.8, 4) is 10.7 Å². The van der Waals surface area contributed by atoms with Gasteiger partial charge in [-0.15, -0.1) is 11.3 Å². The normalized spacial score (nSPS) is 17.4. The van der Waals surface area contributed by atoms with Gasteiger partial charge in [-0.05, 0) is 26.8 Å². The molecule has 8 heteroatoms. The molecule has 0 saturated carbocycles. The second kappa shape index (κ2) is 6.68. The maximum Gasteiger partial charge on any atom is 0.410 e. The van der Waals surface area contributed by atoms with Gasteiger partial charge in [-0.25, -0.2) is 19.7 Å². The zero-order valence-corrected chi connectivity index (χ0v) is 15.4. The number of thiazole rings is 1. The van der Waals surface area contributed by atoms with Crippen molar-refractivity contribution in [1.82, 2.24) is 19.9 Å². The molecule has 0 aromatic carbocycles. The molecule has 3 heterocycles. The Morgan fingerprint density at radius 2 is 1.88 bits per heavy atom. The van der Waals surface area contributed by atoms with E-state index in [9.17, 15) is 9.90 Å². The fourth-order valence-corrected chi connectivity index (χ4v) is 3.63. The van der Waals surface area contributed by atoms with Crippen LogP contribution in [0.15, 0.2) is 24.7 Å². The number of amides is 1. The molecule has 7 nitrogen and oxygen atoms in total. The molecule has 1 amide bonds. The molecule has 1 fully saturated rings. The van der Waals surface area contributed by atoms with Crippen molar-refractivity contribution in [2.24, 2.45) is 0 Å². The van der Waals surface area contributed by atoms with Crippen molar-refractivity contribution in [1.29, 1.82) is 0 Å². The molecule has 0 unspecified atom stereocenters. The van der Waals surface area contributed by atoms with E-state index in [1.165, 1.54) is 11.3 Å². The number of aliphatic hydroxyl groups is 1. The SMILES string of the molecule is CC(C)(C)OC(=O)N1CCC(O)(c2ncc(-c3ncccn3)s2)CC1. The Hall–Kier alpha value is -2.06. The molecule has 25 heavy (non-hydrogen) atoms. The van der Waals surface area contributed by atoms with Gasteiger partial charge in [-0.1, -0.05) is 0 Å². The molecule has 2 aromatic rings. The molecule has 1 N–H and O–H groups in total. The summed E-state index contributed by atoms with van der Waals surface area (Å²) in [6, 6.07) is 1.76. The van der Waals surface area contributed by atoms with Gasteiger partial charge < -0.3 is 14.7 Å². The van der Waals surface area contributed by atoms with Gasteiger partial charge in [0, 0.05) is 44.5 Å². The Kier molecular flexibility index (Phi) is 4.75. The first-order chi connectivity index (χ1) is 11.8. The third-order valence-corrected chi connectivity index (χ3v) is 5.12. The summed E-state index contributed by atoms with van der Waals surface area (Å²) in [7, 11) is 0. The predicted molar refractivity (Wildman–Crippen MR) is 94.1 cm³/mol. The van der Waals surface area contributed by atoms with Crippen LogP contribution in [0.2, 0.25) is 0 Å². The van der Waals surface area contributed by atoms with Gasteiger partial charge in [0.05, 0.1) is 4.88 Å². The molecule has 0 radical (unpaired) electrons. The fourth-order valence-electron chi connectivity index (χ4n) is 2.62. The molecule has 1 saturated heterocycles. The van der Waals surface area contributed by atoms with Gasteiger partial charge in [-0.3, -0.25) is 0 Å². The maximum atomic E-state index is 12.1. The zero-order chi connectivity index (χ0) is 18.1. The molecule has 2 aromatic heterocycles. The van der Waals surface area contributed by atoms with Gasteiger partial charge in [0.25, 0.3) is 0 Å². The maximum absolute atomic E-state index is 12.1. The summed E-state index contributed by atoms with van der Waals surface area (Å²) in [6.45, 7) is 6.39. The Morgan fingerprint density at radius 3 is 2.48 bits per heavy atom. The van der Waals surface area contributed by atoms with Gasteiger partial charge >= 0.3 is 6.09 Å². The summed E-state index contributed by atoms with van der Waals surface area (Å²) >= 11 is 1.39. The Bertz CT molecular complexity index is 734. The molecule has 134 valence electrons. The fraction of sp³-hybridized carbons (Fsp3) is 0.529. The first kappa shape index (κ1) is 17.8. The van der Waals surface area contributed by atoms with E-state index in [0.29, 0.717) is 36.8 Å². The van der Waals surface area contributed by atoms with Crippen LogP contribution >= 0.6 is 11.3 Å². The second-order valence-corrected chi connectivity index (χ2v) is 8.13. The molecule has 0 spiro atoms. The number of nitrogens with zero attached hydrogens (tertiary/aromatic N) is 4. The van der Waals surface area contributed by atoms with Crippen molar-refractivity contribution < 1.29 is 14.6 Å². The summed E-state index contributed by atoms with van der Waals surface area (Å²) in [5.74, 6) is 0.598. The average molecular weight is 362 g/mol. The number of rotatable bonds is 2. The van der Waals surface area contributed by atoms with Gasteiger partial charge in [0.1, 0.15) is 16.2 Å². The van der Waals surface area contributed by atoms with E-state index < -0.39 is 11.2 Å². The third kappa shape index (κ3) is 4.13.